The van der Waals surface area contributed by atoms with Crippen LogP contribution in [0.5, 0.6) is 5.75 Å². The number of anilines is 1. The first-order valence-electron chi connectivity index (χ1n) is 13.9. The molecule has 0 fully saturated rings. The molecule has 0 bridgehead atoms. The molecular formula is C32H41N3O5S. The lowest BCUT2D eigenvalue weighted by molar-refractivity contribution is -0.140. The summed E-state index contributed by atoms with van der Waals surface area (Å²) in [4.78, 5) is 29.0. The Hall–Kier alpha value is -3.85. The Morgan fingerprint density at radius 3 is 2.17 bits per heavy atom. The van der Waals surface area contributed by atoms with Crippen LogP contribution < -0.4 is 14.4 Å². The molecule has 0 spiro atoms. The molecule has 9 heteroatoms. The van der Waals surface area contributed by atoms with Gasteiger partial charge in [0, 0.05) is 13.1 Å². The highest BCUT2D eigenvalue weighted by Crippen LogP contribution is 2.29. The van der Waals surface area contributed by atoms with Crippen molar-refractivity contribution in [1.82, 2.24) is 10.2 Å². The lowest BCUT2D eigenvalue weighted by atomic mass is 10.1. The third kappa shape index (κ3) is 7.67. The van der Waals surface area contributed by atoms with Gasteiger partial charge in [-0.15, -0.1) is 0 Å². The molecule has 1 unspecified atom stereocenters. The van der Waals surface area contributed by atoms with Gasteiger partial charge < -0.3 is 15.0 Å². The van der Waals surface area contributed by atoms with Crippen LogP contribution >= 0.6 is 0 Å². The maximum absolute atomic E-state index is 14.2. The summed E-state index contributed by atoms with van der Waals surface area (Å²) >= 11 is 0. The van der Waals surface area contributed by atoms with E-state index >= 15 is 0 Å². The number of benzene rings is 3. The quantitative estimate of drug-likeness (QED) is 0.302. The van der Waals surface area contributed by atoms with E-state index in [2.05, 4.69) is 5.32 Å². The number of carbonyl (C=O) groups is 2. The van der Waals surface area contributed by atoms with Gasteiger partial charge in [-0.2, -0.15) is 0 Å². The molecule has 1 N–H and O–H groups in total. The van der Waals surface area contributed by atoms with Crippen molar-refractivity contribution in [2.45, 2.75) is 64.9 Å². The van der Waals surface area contributed by atoms with Crippen LogP contribution in [0.2, 0.25) is 0 Å². The number of sulfonamides is 1. The SMILES string of the molecule is CCCNC(=O)C(CC)N(Cc1ccc(OC)cc1)C(=O)CN(c1cccc(C)c1C)S(=O)(=O)c1ccc(C)cc1. The highest BCUT2D eigenvalue weighted by molar-refractivity contribution is 7.92. The Morgan fingerprint density at radius 1 is 0.927 bits per heavy atom. The molecule has 41 heavy (non-hydrogen) atoms. The van der Waals surface area contributed by atoms with Crippen LogP contribution in [0.15, 0.2) is 71.6 Å². The minimum Gasteiger partial charge on any atom is -0.497 e. The van der Waals surface area contributed by atoms with Crippen molar-refractivity contribution >= 4 is 27.5 Å². The average molecular weight is 580 g/mol. The van der Waals surface area contributed by atoms with Gasteiger partial charge >= 0.3 is 0 Å². The third-order valence-corrected chi connectivity index (χ3v) is 8.95. The average Bonchev–Trinajstić information content (AvgIpc) is 2.96. The number of rotatable bonds is 13. The van der Waals surface area contributed by atoms with Crippen molar-refractivity contribution in [3.8, 4) is 5.75 Å². The molecule has 0 aliphatic rings. The molecule has 0 aliphatic carbocycles. The molecule has 0 saturated heterocycles. The van der Waals surface area contributed by atoms with Crippen molar-refractivity contribution in [3.05, 3.63) is 89.0 Å². The second-order valence-electron chi connectivity index (χ2n) is 10.1. The Labute approximate surface area is 244 Å². The van der Waals surface area contributed by atoms with Crippen molar-refractivity contribution in [1.29, 1.82) is 0 Å². The first kappa shape index (κ1) is 31.7. The van der Waals surface area contributed by atoms with Crippen molar-refractivity contribution in [2.75, 3.05) is 24.5 Å². The highest BCUT2D eigenvalue weighted by Gasteiger charge is 2.34. The number of methoxy groups -OCH3 is 1. The van der Waals surface area contributed by atoms with Gasteiger partial charge in [-0.05, 0) is 80.6 Å². The molecule has 0 aliphatic heterocycles. The van der Waals surface area contributed by atoms with Gasteiger partial charge in [0.2, 0.25) is 11.8 Å². The van der Waals surface area contributed by atoms with E-state index in [1.165, 1.54) is 9.21 Å². The molecule has 1 atom stereocenters. The van der Waals surface area contributed by atoms with Crippen molar-refractivity contribution < 1.29 is 22.7 Å². The first-order valence-corrected chi connectivity index (χ1v) is 15.3. The van der Waals surface area contributed by atoms with Crippen LogP contribution in [0.25, 0.3) is 0 Å². The molecule has 3 aromatic carbocycles. The summed E-state index contributed by atoms with van der Waals surface area (Å²) in [6, 6.07) is 18.4. The summed E-state index contributed by atoms with van der Waals surface area (Å²) in [5.74, 6) is -0.0727. The number of hydrogen-bond donors (Lipinski definition) is 1. The second kappa shape index (κ2) is 14.2. The largest absolute Gasteiger partial charge is 0.497 e. The molecule has 0 radical (unpaired) electrons. The fourth-order valence-corrected chi connectivity index (χ4v) is 6.04. The number of ether oxygens (including phenoxy) is 1. The number of aryl methyl sites for hydroxylation is 2. The molecule has 3 rings (SSSR count). The zero-order valence-electron chi connectivity index (χ0n) is 24.8. The Morgan fingerprint density at radius 2 is 1.59 bits per heavy atom. The maximum atomic E-state index is 14.2. The van der Waals surface area contributed by atoms with Gasteiger partial charge in [0.25, 0.3) is 10.0 Å². The van der Waals surface area contributed by atoms with Crippen LogP contribution in [0.4, 0.5) is 5.69 Å². The van der Waals surface area contributed by atoms with Gasteiger partial charge in [-0.3, -0.25) is 13.9 Å². The summed E-state index contributed by atoms with van der Waals surface area (Å²) < 4.78 is 34.6. The third-order valence-electron chi connectivity index (χ3n) is 7.18. The highest BCUT2D eigenvalue weighted by atomic mass is 32.2. The van der Waals surface area contributed by atoms with E-state index in [9.17, 15) is 18.0 Å². The summed E-state index contributed by atoms with van der Waals surface area (Å²) in [5, 5.41) is 2.90. The summed E-state index contributed by atoms with van der Waals surface area (Å²) in [6.45, 7) is 9.58. The normalized spacial score (nSPS) is 12.0. The Balaban J connectivity index is 2.08. The van der Waals surface area contributed by atoms with E-state index in [4.69, 9.17) is 4.74 Å². The fraction of sp³-hybridized carbons (Fsp3) is 0.375. The van der Waals surface area contributed by atoms with E-state index in [1.807, 2.05) is 52.8 Å². The fourth-order valence-electron chi connectivity index (χ4n) is 4.57. The van der Waals surface area contributed by atoms with Crippen molar-refractivity contribution in [3.63, 3.8) is 0 Å². The summed E-state index contributed by atoms with van der Waals surface area (Å²) in [6.07, 6.45) is 1.12. The topological polar surface area (TPSA) is 96.0 Å². The van der Waals surface area contributed by atoms with E-state index in [0.717, 1.165) is 28.7 Å². The predicted molar refractivity (Wildman–Crippen MR) is 163 cm³/mol. The zero-order valence-corrected chi connectivity index (χ0v) is 25.6. The maximum Gasteiger partial charge on any atom is 0.264 e. The first-order chi connectivity index (χ1) is 19.5. The van der Waals surface area contributed by atoms with Gasteiger partial charge in [0.05, 0.1) is 17.7 Å². The van der Waals surface area contributed by atoms with E-state index in [-0.39, 0.29) is 17.3 Å². The second-order valence-corrected chi connectivity index (χ2v) is 12.0. The van der Waals surface area contributed by atoms with Crippen LogP contribution in [-0.4, -0.2) is 51.4 Å². The number of nitrogens with zero attached hydrogens (tertiary/aromatic N) is 2. The molecule has 0 aromatic heterocycles. The van der Waals surface area contributed by atoms with Crippen LogP contribution in [0.1, 0.15) is 48.9 Å². The molecule has 8 nitrogen and oxygen atoms in total. The predicted octanol–water partition coefficient (Wildman–Crippen LogP) is 5.15. The Kier molecular flexibility index (Phi) is 10.9. The monoisotopic (exact) mass is 579 g/mol. The van der Waals surface area contributed by atoms with E-state index in [1.54, 1.807) is 55.6 Å². The van der Waals surface area contributed by atoms with E-state index in [0.29, 0.717) is 24.4 Å². The number of hydrogen-bond acceptors (Lipinski definition) is 5. The smallest absolute Gasteiger partial charge is 0.264 e. The lowest BCUT2D eigenvalue weighted by Gasteiger charge is -2.33. The molecule has 3 aromatic rings. The standard InChI is InChI=1S/C32H41N3O5S/c1-7-20-33-32(37)29(8-2)34(21-26-14-16-27(40-6)17-15-26)31(36)22-35(30-11-9-10-24(4)25(30)5)41(38,39)28-18-12-23(3)13-19-28/h9-19,29H,7-8,20-22H2,1-6H3,(H,33,37). The minimum atomic E-state index is -4.12. The van der Waals surface area contributed by atoms with E-state index < -0.39 is 28.5 Å². The molecule has 0 heterocycles. The number of nitrogens with one attached hydrogen (secondary N) is 1. The van der Waals surface area contributed by atoms with Crippen molar-refractivity contribution in [2.24, 2.45) is 0 Å². The Bertz CT molecular complexity index is 1440. The lowest BCUT2D eigenvalue weighted by Crippen LogP contribution is -2.52. The number of amides is 2. The van der Waals surface area contributed by atoms with Gasteiger partial charge in [0.15, 0.2) is 0 Å². The molecule has 0 saturated carbocycles. The van der Waals surface area contributed by atoms with Gasteiger partial charge in [-0.1, -0.05) is 55.8 Å². The van der Waals surface area contributed by atoms with Crippen LogP contribution in [0.3, 0.4) is 0 Å². The zero-order chi connectivity index (χ0) is 30.2. The van der Waals surface area contributed by atoms with Gasteiger partial charge in [0.1, 0.15) is 18.3 Å². The van der Waals surface area contributed by atoms with Crippen LogP contribution in [0, 0.1) is 20.8 Å². The minimum absolute atomic E-state index is 0.0891. The summed E-state index contributed by atoms with van der Waals surface area (Å²) in [7, 11) is -2.54. The molecule has 220 valence electrons. The molecular weight excluding hydrogens is 538 g/mol. The van der Waals surface area contributed by atoms with Crippen LogP contribution in [-0.2, 0) is 26.2 Å². The molecule has 2 amide bonds. The van der Waals surface area contributed by atoms with Gasteiger partial charge in [-0.25, -0.2) is 8.42 Å². The summed E-state index contributed by atoms with van der Waals surface area (Å²) in [5.41, 5.74) is 3.80. The number of carbonyl (C=O) groups excluding carboxylic acids is 2.